The van der Waals surface area contributed by atoms with Crippen molar-refractivity contribution in [1.29, 1.82) is 0 Å². The third-order valence-electron chi connectivity index (χ3n) is 16.9. The molecule has 5 aromatic rings. The Balaban J connectivity index is 0.961. The van der Waals surface area contributed by atoms with E-state index in [1.165, 1.54) is 37.8 Å². The van der Waals surface area contributed by atoms with Crippen molar-refractivity contribution < 1.29 is 38.1 Å². The molecule has 10 atom stereocenters. The Morgan fingerprint density at radius 1 is 0.470 bits per heavy atom. The van der Waals surface area contributed by atoms with Crippen LogP contribution in [0.15, 0.2) is 60.7 Å². The van der Waals surface area contributed by atoms with Crippen LogP contribution in [0.1, 0.15) is 196 Å². The van der Waals surface area contributed by atoms with Gasteiger partial charge in [0.05, 0.1) is 11.1 Å². The summed E-state index contributed by atoms with van der Waals surface area (Å²) in [5, 5.41) is 3.98. The number of fused-ring (bicyclic) bond motifs is 18. The average molecular weight is 887 g/mol. The molecule has 0 spiro atoms. The first-order valence-electron chi connectivity index (χ1n) is 24.8. The SMILES string of the molecule is CC(=O)Oc1c2c(c(OC(C)=O)c3c1[C@H]1C[C@@H]3c3cc4cc(C(=O)OC5CC(C)CCC5C(C)C)ccc4cc31)[C@H]1C[C@@H]2c2cc3ccc(C(=O)OC4CC(C)CCC4C(C)C)cc3cc21. The summed E-state index contributed by atoms with van der Waals surface area (Å²) in [6.07, 6.45) is 7.61. The molecule has 0 aromatic heterocycles. The zero-order valence-electron chi connectivity index (χ0n) is 39.6. The second-order valence-corrected chi connectivity index (χ2v) is 21.8. The van der Waals surface area contributed by atoms with Gasteiger partial charge in [-0.1, -0.05) is 90.8 Å². The zero-order valence-corrected chi connectivity index (χ0v) is 39.6. The second-order valence-electron chi connectivity index (χ2n) is 21.8. The molecule has 0 N–H and O–H groups in total. The number of carbonyl (C=O) groups is 4. The average Bonchev–Trinajstić information content (AvgIpc) is 4.04. The summed E-state index contributed by atoms with van der Waals surface area (Å²) in [5.41, 5.74) is 9.48. The van der Waals surface area contributed by atoms with Gasteiger partial charge in [0, 0.05) is 59.8 Å². The van der Waals surface area contributed by atoms with Crippen LogP contribution in [-0.4, -0.2) is 36.1 Å². The van der Waals surface area contributed by atoms with E-state index < -0.39 is 5.97 Å². The molecule has 0 heterocycles. The molecule has 66 heavy (non-hydrogen) atoms. The van der Waals surface area contributed by atoms with E-state index in [1.54, 1.807) is 0 Å². The van der Waals surface area contributed by atoms with Crippen molar-refractivity contribution in [2.75, 3.05) is 0 Å². The number of esters is 4. The van der Waals surface area contributed by atoms with E-state index in [0.717, 1.165) is 93.5 Å². The fraction of sp³-hybridized carbons (Fsp3) is 0.483. The summed E-state index contributed by atoms with van der Waals surface area (Å²) in [6.45, 7) is 16.3. The molecular formula is C58H62O8. The van der Waals surface area contributed by atoms with Crippen molar-refractivity contribution in [3.8, 4) is 11.5 Å². The van der Waals surface area contributed by atoms with E-state index in [-0.39, 0.29) is 53.8 Å². The molecule has 2 saturated carbocycles. The van der Waals surface area contributed by atoms with Crippen molar-refractivity contribution in [3.63, 3.8) is 0 Å². The van der Waals surface area contributed by atoms with Gasteiger partial charge in [0.25, 0.3) is 0 Å². The minimum absolute atomic E-state index is 0.0646. The largest absolute Gasteiger partial charge is 0.458 e. The van der Waals surface area contributed by atoms with Crippen LogP contribution < -0.4 is 9.47 Å². The first kappa shape index (κ1) is 43.1. The molecule has 6 unspecified atom stereocenters. The Kier molecular flexibility index (Phi) is 10.5. The maximum absolute atomic E-state index is 13.8. The predicted octanol–water partition coefficient (Wildman–Crippen LogP) is 13.0. The molecule has 6 aliphatic rings. The van der Waals surface area contributed by atoms with Crippen molar-refractivity contribution in [2.24, 2.45) is 35.5 Å². The fourth-order valence-electron chi connectivity index (χ4n) is 13.8. The Bertz CT molecular complexity index is 2710. The molecule has 0 aliphatic heterocycles. The number of benzene rings is 5. The molecule has 4 bridgehead atoms. The Morgan fingerprint density at radius 2 is 0.818 bits per heavy atom. The molecule has 5 aromatic carbocycles. The standard InChI is InChI=1S/C58H62O8/c1-27(2)39-15-9-29(5)17-49(39)65-57(61)35-13-11-33-21-41-43(23-37(33)19-35)47-25-45(41)51-53(47)56(64-32(8)60)54-48-26-46(52(54)55(51)63-31(7)59)42-22-34-12-14-36(20-38(34)24-44(42)48)58(62)66-50-18-30(6)10-16-40(50)28(3)4/h11-14,19-24,27-30,39-40,45-50H,9-10,15-18,25-26H2,1-8H3/t29?,30?,39?,40?,45-,46+,47+,48-,49?,50?. The first-order valence-corrected chi connectivity index (χ1v) is 24.8. The third kappa shape index (κ3) is 6.98. The Labute approximate surface area is 388 Å². The van der Waals surface area contributed by atoms with Gasteiger partial charge in [-0.2, -0.15) is 0 Å². The number of hydrogen-bond donors (Lipinski definition) is 0. The molecule has 2 fully saturated rings. The van der Waals surface area contributed by atoms with Crippen LogP contribution in [0, 0.1) is 35.5 Å². The summed E-state index contributed by atoms with van der Waals surface area (Å²) in [5.74, 6) is 2.19. The van der Waals surface area contributed by atoms with Gasteiger partial charge in [-0.05, 0) is 142 Å². The molecule has 11 rings (SSSR count). The van der Waals surface area contributed by atoms with Gasteiger partial charge in [-0.15, -0.1) is 0 Å². The summed E-state index contributed by atoms with van der Waals surface area (Å²) < 4.78 is 25.3. The summed E-state index contributed by atoms with van der Waals surface area (Å²) in [6, 6.07) is 20.6. The van der Waals surface area contributed by atoms with E-state index in [2.05, 4.69) is 65.8 Å². The van der Waals surface area contributed by atoms with Crippen LogP contribution >= 0.6 is 0 Å². The lowest BCUT2D eigenvalue weighted by atomic mass is 9.75. The van der Waals surface area contributed by atoms with Gasteiger partial charge in [-0.3, -0.25) is 9.59 Å². The number of ether oxygens (including phenoxy) is 4. The zero-order chi connectivity index (χ0) is 46.0. The van der Waals surface area contributed by atoms with E-state index in [1.807, 2.05) is 36.4 Å². The minimum atomic E-state index is -0.395. The smallest absolute Gasteiger partial charge is 0.338 e. The number of rotatable bonds is 8. The highest BCUT2D eigenvalue weighted by Crippen LogP contribution is 2.70. The van der Waals surface area contributed by atoms with Gasteiger partial charge in [0.15, 0.2) is 0 Å². The quantitative estimate of drug-likeness (QED) is 0.112. The molecule has 0 amide bonds. The Morgan fingerprint density at radius 3 is 1.15 bits per heavy atom. The van der Waals surface area contributed by atoms with E-state index >= 15 is 0 Å². The predicted molar refractivity (Wildman–Crippen MR) is 255 cm³/mol. The number of carbonyl (C=O) groups excluding carboxylic acids is 4. The van der Waals surface area contributed by atoms with Crippen molar-refractivity contribution in [1.82, 2.24) is 0 Å². The lowest BCUT2D eigenvalue weighted by Crippen LogP contribution is -2.35. The first-order chi connectivity index (χ1) is 31.6. The van der Waals surface area contributed by atoms with Crippen LogP contribution in [0.4, 0.5) is 0 Å². The lowest BCUT2D eigenvalue weighted by Gasteiger charge is -2.36. The topological polar surface area (TPSA) is 105 Å². The van der Waals surface area contributed by atoms with Crippen LogP contribution in [0.2, 0.25) is 0 Å². The molecular weight excluding hydrogens is 825 g/mol. The fourth-order valence-corrected chi connectivity index (χ4v) is 13.8. The van der Waals surface area contributed by atoms with Crippen molar-refractivity contribution in [3.05, 3.63) is 116 Å². The Hall–Kier alpha value is -5.50. The summed E-state index contributed by atoms with van der Waals surface area (Å²) in [4.78, 5) is 53.9. The molecule has 342 valence electrons. The molecule has 0 saturated heterocycles. The highest BCUT2D eigenvalue weighted by atomic mass is 16.6. The molecule has 8 nitrogen and oxygen atoms in total. The van der Waals surface area contributed by atoms with Crippen LogP contribution in [-0.2, 0) is 19.1 Å². The maximum atomic E-state index is 13.8. The summed E-state index contributed by atoms with van der Waals surface area (Å²) >= 11 is 0. The second kappa shape index (κ2) is 16.1. The van der Waals surface area contributed by atoms with Gasteiger partial charge in [0.1, 0.15) is 23.7 Å². The monoisotopic (exact) mass is 886 g/mol. The lowest BCUT2D eigenvalue weighted by molar-refractivity contribution is -0.133. The normalized spacial score (nSPS) is 27.7. The van der Waals surface area contributed by atoms with Crippen LogP contribution in [0.3, 0.4) is 0 Å². The summed E-state index contributed by atoms with van der Waals surface area (Å²) in [7, 11) is 0. The van der Waals surface area contributed by atoms with Gasteiger partial charge in [0.2, 0.25) is 0 Å². The van der Waals surface area contributed by atoms with E-state index in [9.17, 15) is 19.2 Å². The highest BCUT2D eigenvalue weighted by Gasteiger charge is 2.54. The number of hydrogen-bond acceptors (Lipinski definition) is 8. The molecule has 8 heteroatoms. The van der Waals surface area contributed by atoms with E-state index in [0.29, 0.717) is 58.1 Å². The van der Waals surface area contributed by atoms with Gasteiger partial charge in [-0.25, -0.2) is 9.59 Å². The minimum Gasteiger partial charge on any atom is -0.458 e. The van der Waals surface area contributed by atoms with Crippen molar-refractivity contribution >= 4 is 45.4 Å². The third-order valence-corrected chi connectivity index (χ3v) is 16.9. The van der Waals surface area contributed by atoms with Crippen molar-refractivity contribution in [2.45, 2.75) is 143 Å². The van der Waals surface area contributed by atoms with Crippen LogP contribution in [0.5, 0.6) is 11.5 Å². The molecule has 0 radical (unpaired) electrons. The highest BCUT2D eigenvalue weighted by molar-refractivity contribution is 5.98. The van der Waals surface area contributed by atoms with Gasteiger partial charge < -0.3 is 18.9 Å². The van der Waals surface area contributed by atoms with Crippen LogP contribution in [0.25, 0.3) is 21.5 Å². The van der Waals surface area contributed by atoms with E-state index in [4.69, 9.17) is 18.9 Å². The van der Waals surface area contributed by atoms with Gasteiger partial charge >= 0.3 is 23.9 Å². The maximum Gasteiger partial charge on any atom is 0.338 e. The molecule has 6 aliphatic carbocycles.